The number of nitrogens with zero attached hydrogens (tertiary/aromatic N) is 9. The van der Waals surface area contributed by atoms with Crippen LogP contribution in [0.5, 0.6) is 0 Å². The van der Waals surface area contributed by atoms with E-state index in [4.69, 9.17) is 15.3 Å². The summed E-state index contributed by atoms with van der Waals surface area (Å²) < 4.78 is 151. The number of benzene rings is 2. The molecule has 6 aliphatic rings. The van der Waals surface area contributed by atoms with Crippen LogP contribution >= 0.6 is 0 Å². The SMILES string of the molecule is CC(C)n1cc(CN2CCCC23CCN(C(=O)OC(C(F)(F)F)C(F)(F)F)CC3)c(-c2cccc(N3CCCC3)c2)n1.CC(C)n1cc(CN2CCCC23CCNCC3)c(-c2cccc(N3CCCC3)c2)n1.OC(C(F)(F)F)C(F)(F)F. The number of alkyl halides is 12. The van der Waals surface area contributed by atoms with Crippen molar-refractivity contribution in [1.82, 2.24) is 39.6 Å². The number of carbonyl (C=O) groups excluding carboxylic acids is 1. The summed E-state index contributed by atoms with van der Waals surface area (Å²) in [5, 5.41) is 21.1. The maximum Gasteiger partial charge on any atom is 0.434 e. The number of carbonyl (C=O) groups is 1. The van der Waals surface area contributed by atoms with Crippen LogP contribution in [0.15, 0.2) is 60.9 Å². The fourth-order valence-corrected chi connectivity index (χ4v) is 12.5. The molecule has 2 N–H and O–H groups in total. The van der Waals surface area contributed by atoms with Crippen molar-refractivity contribution in [2.24, 2.45) is 0 Å². The zero-order valence-corrected chi connectivity index (χ0v) is 46.9. The molecule has 13 nitrogen and oxygen atoms in total. The lowest BCUT2D eigenvalue weighted by molar-refractivity contribution is -0.309. The molecule has 8 heterocycles. The first-order valence-electron chi connectivity index (χ1n) is 28.5. The van der Waals surface area contributed by atoms with E-state index in [0.717, 1.165) is 73.8 Å². The summed E-state index contributed by atoms with van der Waals surface area (Å²) in [7, 11) is 0. The number of aliphatic hydroxyl groups is 1. The maximum absolute atomic E-state index is 12.9. The van der Waals surface area contributed by atoms with Crippen molar-refractivity contribution in [3.63, 3.8) is 0 Å². The highest BCUT2D eigenvalue weighted by atomic mass is 19.4. The minimum absolute atomic E-state index is 0.0216. The number of piperidine rings is 2. The van der Waals surface area contributed by atoms with Gasteiger partial charge in [0.1, 0.15) is 0 Å². The predicted molar refractivity (Wildman–Crippen MR) is 287 cm³/mol. The van der Waals surface area contributed by atoms with Gasteiger partial charge in [-0.3, -0.25) is 19.2 Å². The van der Waals surface area contributed by atoms with Crippen molar-refractivity contribution >= 4 is 17.5 Å². The lowest BCUT2D eigenvalue weighted by atomic mass is 9.85. The average Bonchev–Trinajstić information content (AvgIpc) is 4.49. The molecule has 0 aliphatic carbocycles. The molecule has 0 saturated carbocycles. The first-order chi connectivity index (χ1) is 38.6. The third-order valence-corrected chi connectivity index (χ3v) is 17.0. The standard InChI is InChI=1S/C29H37F6N5O2.C25H37N5.C3H2F6O/c1-20(2)40-19-22(24(36-40)21-7-5-8-23(17-21)37-12-3-4-13-37)18-39-14-6-9-27(39)10-15-38(16-11-27)26(41)42-25(28(30,31)32)29(33,34)35;1-20(2)30-19-22(18-29-16-6-9-25(29)10-12-26-13-11-25)24(27-30)21-7-5-8-23(17-21)28-14-3-4-15-28;4-2(5,6)1(10)3(7,8)9/h5,7-8,17,19-20,25H,3-4,6,9-16,18H2,1-2H3;5,7-8,17,19-20,26H,3-4,6,9-16,18H2,1-2H3;1,10H. The van der Waals surface area contributed by atoms with Crippen molar-refractivity contribution in [3.05, 3.63) is 72.1 Å². The Balaban J connectivity index is 0.000000191. The topological polar surface area (TPSA) is 110 Å². The third kappa shape index (κ3) is 15.0. The van der Waals surface area contributed by atoms with Gasteiger partial charge in [0, 0.05) is 122 Å². The van der Waals surface area contributed by atoms with Gasteiger partial charge < -0.3 is 29.9 Å². The van der Waals surface area contributed by atoms with Gasteiger partial charge in [-0.1, -0.05) is 24.3 Å². The molecular weight excluding hydrogens is 1100 g/mol. The predicted octanol–water partition coefficient (Wildman–Crippen LogP) is 12.7. The van der Waals surface area contributed by atoms with Gasteiger partial charge in [0.25, 0.3) is 6.10 Å². The zero-order valence-electron chi connectivity index (χ0n) is 46.9. The van der Waals surface area contributed by atoms with E-state index >= 15 is 0 Å². The number of nitrogens with one attached hydrogen (secondary N) is 1. The highest BCUT2D eigenvalue weighted by molar-refractivity contribution is 5.70. The summed E-state index contributed by atoms with van der Waals surface area (Å²) in [4.78, 5) is 23.3. The summed E-state index contributed by atoms with van der Waals surface area (Å²) in [6.07, 6.45) is -15.5. The summed E-state index contributed by atoms with van der Waals surface area (Å²) in [6, 6.07) is 18.0. The van der Waals surface area contributed by atoms with Crippen LogP contribution in [0.3, 0.4) is 0 Å². The summed E-state index contributed by atoms with van der Waals surface area (Å²) in [6.45, 7) is 19.0. The largest absolute Gasteiger partial charge is 0.434 e. The van der Waals surface area contributed by atoms with Crippen LogP contribution in [0.4, 0.5) is 68.9 Å². The number of anilines is 2. The molecule has 82 heavy (non-hydrogen) atoms. The first kappa shape index (κ1) is 62.8. The fourth-order valence-electron chi connectivity index (χ4n) is 12.5. The number of aliphatic hydroxyl groups excluding tert-OH is 1. The number of likely N-dealkylation sites (tertiary alicyclic amines) is 3. The van der Waals surface area contributed by atoms with E-state index in [9.17, 15) is 57.5 Å². The molecule has 0 unspecified atom stereocenters. The molecule has 2 spiro atoms. The smallest absolute Gasteiger partial charge is 0.426 e. The van der Waals surface area contributed by atoms with Gasteiger partial charge in [-0.05, 0) is 155 Å². The number of hydrogen-bond donors (Lipinski definition) is 2. The quantitative estimate of drug-likeness (QED) is 0.141. The van der Waals surface area contributed by atoms with Crippen molar-refractivity contribution in [3.8, 4) is 22.5 Å². The Kier molecular flexibility index (Phi) is 19.5. The second-order valence-corrected chi connectivity index (χ2v) is 23.2. The van der Waals surface area contributed by atoms with E-state index in [-0.39, 0.29) is 24.7 Å². The molecule has 6 saturated heterocycles. The molecule has 0 atom stereocenters. The van der Waals surface area contributed by atoms with Gasteiger partial charge in [-0.15, -0.1) is 0 Å². The molecule has 6 fully saturated rings. The van der Waals surface area contributed by atoms with Crippen molar-refractivity contribution < 1.29 is 67.3 Å². The second-order valence-electron chi connectivity index (χ2n) is 23.2. The van der Waals surface area contributed by atoms with E-state index in [2.05, 4.69) is 123 Å². The number of aromatic nitrogens is 4. The molecule has 4 aromatic rings. The minimum Gasteiger partial charge on any atom is -0.426 e. The van der Waals surface area contributed by atoms with Crippen molar-refractivity contribution in [2.75, 3.05) is 75.2 Å². The monoisotopic (exact) mass is 1180 g/mol. The molecule has 2 aromatic carbocycles. The van der Waals surface area contributed by atoms with Crippen LogP contribution in [-0.4, -0.2) is 159 Å². The van der Waals surface area contributed by atoms with Crippen LogP contribution in [0, 0.1) is 0 Å². The molecular formula is C57H76F12N10O3. The van der Waals surface area contributed by atoms with Gasteiger partial charge in [-0.2, -0.15) is 62.9 Å². The Morgan fingerprint density at radius 2 is 0.963 bits per heavy atom. The fraction of sp³-hybridized carbons (Fsp3) is 0.667. The molecule has 1 amide bonds. The van der Waals surface area contributed by atoms with Crippen molar-refractivity contribution in [2.45, 2.75) is 178 Å². The normalized spacial score (nSPS) is 20.0. The van der Waals surface area contributed by atoms with Gasteiger partial charge in [0.05, 0.1) is 11.4 Å². The lowest BCUT2D eigenvalue weighted by Gasteiger charge is -2.45. The molecule has 10 rings (SSSR count). The van der Waals surface area contributed by atoms with Crippen molar-refractivity contribution in [1.29, 1.82) is 0 Å². The Bertz CT molecular complexity index is 2690. The van der Waals surface area contributed by atoms with Gasteiger partial charge in [0.2, 0.25) is 6.10 Å². The molecule has 25 heteroatoms. The van der Waals surface area contributed by atoms with Gasteiger partial charge in [-0.25, -0.2) is 4.79 Å². The van der Waals surface area contributed by atoms with Gasteiger partial charge >= 0.3 is 30.8 Å². The third-order valence-electron chi connectivity index (χ3n) is 17.0. The first-order valence-corrected chi connectivity index (χ1v) is 28.5. The summed E-state index contributed by atoms with van der Waals surface area (Å²) >= 11 is 0. The van der Waals surface area contributed by atoms with Crippen LogP contribution in [0.2, 0.25) is 0 Å². The van der Waals surface area contributed by atoms with E-state index in [1.54, 1.807) is 0 Å². The van der Waals surface area contributed by atoms with E-state index in [1.165, 1.54) is 99.2 Å². The maximum atomic E-state index is 12.9. The Labute approximate surface area is 470 Å². The molecule has 6 aliphatic heterocycles. The van der Waals surface area contributed by atoms with Crippen LogP contribution < -0.4 is 15.1 Å². The second kappa shape index (κ2) is 25.5. The highest BCUT2D eigenvalue weighted by Gasteiger charge is 2.60. The van der Waals surface area contributed by atoms with E-state index in [1.807, 2.05) is 4.68 Å². The van der Waals surface area contributed by atoms with Gasteiger partial charge in [0.15, 0.2) is 0 Å². The molecule has 0 bridgehead atoms. The number of rotatable bonds is 11. The molecule has 0 radical (unpaired) electrons. The Morgan fingerprint density at radius 1 is 0.561 bits per heavy atom. The summed E-state index contributed by atoms with van der Waals surface area (Å²) in [5.41, 5.74) is 9.45. The van der Waals surface area contributed by atoms with Crippen LogP contribution in [0.25, 0.3) is 22.5 Å². The summed E-state index contributed by atoms with van der Waals surface area (Å²) in [5.74, 6) is 0. The zero-order chi connectivity index (χ0) is 59.4. The Hall–Kier alpha value is -5.27. The Morgan fingerprint density at radius 3 is 1.33 bits per heavy atom. The molecule has 456 valence electrons. The van der Waals surface area contributed by atoms with Crippen LogP contribution in [-0.2, 0) is 17.8 Å². The molecule has 2 aromatic heterocycles. The number of halogens is 12. The number of hydrogen-bond acceptors (Lipinski definition) is 10. The van der Waals surface area contributed by atoms with E-state index < -0.39 is 43.0 Å². The number of ether oxygens (including phenoxy) is 1. The van der Waals surface area contributed by atoms with E-state index in [0.29, 0.717) is 31.0 Å². The highest BCUT2D eigenvalue weighted by Crippen LogP contribution is 2.43. The minimum atomic E-state index is -5.74. The average molecular weight is 1180 g/mol. The number of amides is 1. The lowest BCUT2D eigenvalue weighted by Crippen LogP contribution is -2.54. The van der Waals surface area contributed by atoms with Crippen LogP contribution in [0.1, 0.15) is 128 Å².